The second-order valence-electron chi connectivity index (χ2n) is 3.59. The summed E-state index contributed by atoms with van der Waals surface area (Å²) >= 11 is 5.64. The summed E-state index contributed by atoms with van der Waals surface area (Å²) in [6.45, 7) is 0.539. The van der Waals surface area contributed by atoms with E-state index in [-0.39, 0.29) is 0 Å². The summed E-state index contributed by atoms with van der Waals surface area (Å²) in [5.41, 5.74) is 8.48. The topological polar surface area (TPSA) is 52.0 Å². The number of oxazole rings is 1. The molecular weight excluding hydrogens is 236 g/mol. The Morgan fingerprint density at radius 2 is 2.24 bits per heavy atom. The third-order valence-electron chi connectivity index (χ3n) is 2.31. The molecule has 0 aliphatic carbocycles. The predicted molar refractivity (Wildman–Crippen MR) is 69.3 cm³/mol. The van der Waals surface area contributed by atoms with Crippen LogP contribution in [0.4, 0.5) is 0 Å². The summed E-state index contributed by atoms with van der Waals surface area (Å²) in [4.78, 5) is 4.18. The summed E-state index contributed by atoms with van der Waals surface area (Å²) < 4.78 is 5.23. The van der Waals surface area contributed by atoms with Crippen molar-refractivity contribution in [3.63, 3.8) is 0 Å². The van der Waals surface area contributed by atoms with E-state index >= 15 is 0 Å². The van der Waals surface area contributed by atoms with E-state index in [2.05, 4.69) is 4.98 Å². The lowest BCUT2D eigenvalue weighted by Gasteiger charge is -1.97. The van der Waals surface area contributed by atoms with Gasteiger partial charge in [0, 0.05) is 12.6 Å². The number of nitrogens with two attached hydrogens (primary N) is 1. The van der Waals surface area contributed by atoms with Gasteiger partial charge < -0.3 is 10.2 Å². The molecule has 1 aromatic heterocycles. The molecule has 0 atom stereocenters. The fraction of sp³-hybridized carbons (Fsp3) is 0.154. The van der Waals surface area contributed by atoms with Crippen LogP contribution >= 0.6 is 11.6 Å². The molecule has 3 nitrogen and oxygen atoms in total. The predicted octanol–water partition coefficient (Wildman–Crippen LogP) is 3.04. The highest BCUT2D eigenvalue weighted by molar-refractivity contribution is 6.16. The minimum absolute atomic E-state index is 0.361. The van der Waals surface area contributed by atoms with Crippen molar-refractivity contribution in [1.29, 1.82) is 0 Å². The molecule has 2 rings (SSSR count). The minimum Gasteiger partial charge on any atom is -0.445 e. The van der Waals surface area contributed by atoms with Crippen molar-refractivity contribution in [3.05, 3.63) is 53.2 Å². The molecule has 0 saturated heterocycles. The Balaban J connectivity index is 2.13. The first-order chi connectivity index (χ1) is 8.31. The number of rotatable bonds is 4. The second kappa shape index (κ2) is 5.66. The number of aromatic nitrogens is 1. The zero-order chi connectivity index (χ0) is 12.1. The Morgan fingerprint density at radius 1 is 1.35 bits per heavy atom. The zero-order valence-corrected chi connectivity index (χ0v) is 10.0. The number of halogens is 1. The highest BCUT2D eigenvalue weighted by Crippen LogP contribution is 2.11. The van der Waals surface area contributed by atoms with Crippen LogP contribution in [0.3, 0.4) is 0 Å². The molecule has 0 radical (unpaired) electrons. The van der Waals surface area contributed by atoms with E-state index in [0.717, 1.165) is 16.8 Å². The normalized spacial score (nSPS) is 11.2. The van der Waals surface area contributed by atoms with Gasteiger partial charge in [0.1, 0.15) is 6.26 Å². The van der Waals surface area contributed by atoms with Gasteiger partial charge in [0.25, 0.3) is 0 Å². The van der Waals surface area contributed by atoms with E-state index in [1.165, 1.54) is 0 Å². The van der Waals surface area contributed by atoms with Gasteiger partial charge >= 0.3 is 0 Å². The average Bonchev–Trinajstić information content (AvgIpc) is 2.84. The first kappa shape index (κ1) is 11.9. The largest absolute Gasteiger partial charge is 0.445 e. The molecule has 88 valence electrons. The lowest BCUT2D eigenvalue weighted by atomic mass is 10.1. The molecular formula is C13H13ClN2O. The third kappa shape index (κ3) is 3.19. The Kier molecular flexibility index (Phi) is 3.96. The standard InChI is InChI=1S/C13H13ClN2O/c14-7-12-9-17-13(16-12)5-4-10-2-1-3-11(6-10)8-15/h1-6,9H,7-8,15H2. The number of alkyl halides is 1. The van der Waals surface area contributed by atoms with Crippen molar-refractivity contribution < 1.29 is 4.42 Å². The van der Waals surface area contributed by atoms with E-state index in [4.69, 9.17) is 21.8 Å². The molecule has 0 amide bonds. The molecule has 4 heteroatoms. The summed E-state index contributed by atoms with van der Waals surface area (Å²) in [6, 6.07) is 8.00. The van der Waals surface area contributed by atoms with Crippen LogP contribution in [0.5, 0.6) is 0 Å². The van der Waals surface area contributed by atoms with E-state index in [0.29, 0.717) is 18.3 Å². The quantitative estimate of drug-likeness (QED) is 0.846. The smallest absolute Gasteiger partial charge is 0.218 e. The number of benzene rings is 1. The van der Waals surface area contributed by atoms with E-state index in [9.17, 15) is 0 Å². The minimum atomic E-state index is 0.361. The maximum atomic E-state index is 5.64. The van der Waals surface area contributed by atoms with Gasteiger partial charge in [-0.25, -0.2) is 4.98 Å². The van der Waals surface area contributed by atoms with Crippen molar-refractivity contribution in [2.45, 2.75) is 12.4 Å². The molecule has 0 saturated carbocycles. The van der Waals surface area contributed by atoms with E-state index in [1.54, 1.807) is 6.26 Å². The molecule has 1 heterocycles. The molecule has 0 spiro atoms. The number of hydrogen-bond donors (Lipinski definition) is 1. The maximum Gasteiger partial charge on any atom is 0.218 e. The Morgan fingerprint density at radius 3 is 2.94 bits per heavy atom. The molecule has 0 fully saturated rings. The lowest BCUT2D eigenvalue weighted by Crippen LogP contribution is -1.95. The monoisotopic (exact) mass is 248 g/mol. The van der Waals surface area contributed by atoms with Crippen molar-refractivity contribution in [2.24, 2.45) is 5.73 Å². The van der Waals surface area contributed by atoms with Gasteiger partial charge in [-0.2, -0.15) is 0 Å². The summed E-state index contributed by atoms with van der Waals surface area (Å²) in [5, 5.41) is 0. The lowest BCUT2D eigenvalue weighted by molar-refractivity contribution is 0.546. The molecule has 0 unspecified atom stereocenters. The van der Waals surface area contributed by atoms with Gasteiger partial charge in [-0.1, -0.05) is 24.3 Å². The van der Waals surface area contributed by atoms with E-state index < -0.39 is 0 Å². The summed E-state index contributed by atoms with van der Waals surface area (Å²) in [5.74, 6) is 0.916. The fourth-order valence-electron chi connectivity index (χ4n) is 1.45. The Bertz CT molecular complexity index is 520. The molecule has 2 N–H and O–H groups in total. The van der Waals surface area contributed by atoms with Crippen LogP contribution in [-0.4, -0.2) is 4.98 Å². The van der Waals surface area contributed by atoms with Gasteiger partial charge in [0.15, 0.2) is 0 Å². The molecule has 0 aliphatic heterocycles. The Labute approximate surface area is 105 Å². The Hall–Kier alpha value is -1.58. The number of hydrogen-bond acceptors (Lipinski definition) is 3. The van der Waals surface area contributed by atoms with Crippen LogP contribution in [0.1, 0.15) is 22.7 Å². The van der Waals surface area contributed by atoms with Crippen molar-refractivity contribution in [2.75, 3.05) is 0 Å². The maximum absolute atomic E-state index is 5.64. The molecule has 1 aromatic carbocycles. The van der Waals surface area contributed by atoms with E-state index in [1.807, 2.05) is 36.4 Å². The first-order valence-corrected chi connectivity index (χ1v) is 5.82. The molecule has 17 heavy (non-hydrogen) atoms. The molecule has 0 aliphatic rings. The average molecular weight is 249 g/mol. The fourth-order valence-corrected chi connectivity index (χ4v) is 1.57. The van der Waals surface area contributed by atoms with Gasteiger partial charge in [-0.3, -0.25) is 0 Å². The van der Waals surface area contributed by atoms with Gasteiger partial charge in [-0.15, -0.1) is 11.6 Å². The van der Waals surface area contributed by atoms with Crippen LogP contribution in [0, 0.1) is 0 Å². The zero-order valence-electron chi connectivity index (χ0n) is 9.27. The van der Waals surface area contributed by atoms with Crippen LogP contribution in [0.2, 0.25) is 0 Å². The first-order valence-electron chi connectivity index (χ1n) is 5.29. The van der Waals surface area contributed by atoms with Crippen LogP contribution < -0.4 is 5.73 Å². The highest BCUT2D eigenvalue weighted by Gasteiger charge is 1.98. The van der Waals surface area contributed by atoms with Gasteiger partial charge in [0.2, 0.25) is 5.89 Å². The van der Waals surface area contributed by atoms with Gasteiger partial charge in [-0.05, 0) is 17.2 Å². The second-order valence-corrected chi connectivity index (χ2v) is 3.86. The van der Waals surface area contributed by atoms with Crippen molar-refractivity contribution >= 4 is 23.8 Å². The van der Waals surface area contributed by atoms with Gasteiger partial charge in [0.05, 0.1) is 11.6 Å². The van der Waals surface area contributed by atoms with Crippen LogP contribution in [0.25, 0.3) is 12.2 Å². The number of nitrogens with zero attached hydrogens (tertiary/aromatic N) is 1. The van der Waals surface area contributed by atoms with Crippen molar-refractivity contribution in [3.8, 4) is 0 Å². The molecule has 2 aromatic rings. The molecule has 0 bridgehead atoms. The van der Waals surface area contributed by atoms with Crippen LogP contribution in [0.15, 0.2) is 34.9 Å². The van der Waals surface area contributed by atoms with Crippen LogP contribution in [-0.2, 0) is 12.4 Å². The highest BCUT2D eigenvalue weighted by atomic mass is 35.5. The van der Waals surface area contributed by atoms with Crippen molar-refractivity contribution in [1.82, 2.24) is 4.98 Å². The summed E-state index contributed by atoms with van der Waals surface area (Å²) in [6.07, 6.45) is 5.30. The third-order valence-corrected chi connectivity index (χ3v) is 2.59. The SMILES string of the molecule is NCc1cccc(C=Cc2nc(CCl)co2)c1. The summed E-state index contributed by atoms with van der Waals surface area (Å²) in [7, 11) is 0.